The molecule has 6 heteroatoms. The lowest BCUT2D eigenvalue weighted by Crippen LogP contribution is -2.29. The predicted molar refractivity (Wildman–Crippen MR) is 77.8 cm³/mol. The fraction of sp³-hybridized carbons (Fsp3) is 0.333. The summed E-state index contributed by atoms with van der Waals surface area (Å²) in [6.45, 7) is 0.937. The summed E-state index contributed by atoms with van der Waals surface area (Å²) in [6, 6.07) is 6.37. The van der Waals surface area contributed by atoms with E-state index in [1.54, 1.807) is 16.3 Å². The van der Waals surface area contributed by atoms with E-state index in [4.69, 9.17) is 0 Å². The van der Waals surface area contributed by atoms with Gasteiger partial charge >= 0.3 is 0 Å². The van der Waals surface area contributed by atoms with Crippen LogP contribution in [0.3, 0.4) is 0 Å². The third-order valence-electron chi connectivity index (χ3n) is 3.47. The Bertz CT molecular complexity index is 659. The first-order valence-electron chi connectivity index (χ1n) is 6.78. The summed E-state index contributed by atoms with van der Waals surface area (Å²) in [5, 5.41) is 12.0. The summed E-state index contributed by atoms with van der Waals surface area (Å²) in [6.07, 6.45) is 0.698. The Labute approximate surface area is 125 Å². The molecule has 1 atom stereocenters. The van der Waals surface area contributed by atoms with Crippen LogP contribution in [0.4, 0.5) is 4.39 Å². The van der Waals surface area contributed by atoms with Crippen LogP contribution in [0.5, 0.6) is 0 Å². The van der Waals surface area contributed by atoms with Crippen molar-refractivity contribution >= 4 is 17.2 Å². The van der Waals surface area contributed by atoms with Crippen molar-refractivity contribution in [2.75, 3.05) is 13.1 Å². The molecule has 2 aromatic rings. The molecule has 1 aliphatic rings. The monoisotopic (exact) mass is 306 g/mol. The number of aliphatic hydroxyl groups excluding tert-OH is 1. The van der Waals surface area contributed by atoms with Crippen LogP contribution < -0.4 is 0 Å². The number of halogens is 1. The van der Waals surface area contributed by atoms with Crippen LogP contribution in [-0.4, -0.2) is 40.1 Å². The SMILES string of the molecule is O=C(c1csc(Cc2cccc(F)c2)n1)N1CC[C@@H](O)C1. The Morgan fingerprint density at radius 1 is 1.52 bits per heavy atom. The van der Waals surface area contributed by atoms with Crippen molar-refractivity contribution < 1.29 is 14.3 Å². The molecule has 1 amide bonds. The number of nitrogens with zero attached hydrogens (tertiary/aromatic N) is 2. The number of carbonyl (C=O) groups is 1. The highest BCUT2D eigenvalue weighted by Gasteiger charge is 2.26. The van der Waals surface area contributed by atoms with Crippen LogP contribution in [-0.2, 0) is 6.42 Å². The zero-order valence-corrected chi connectivity index (χ0v) is 12.1. The number of amides is 1. The number of likely N-dealkylation sites (tertiary alicyclic amines) is 1. The van der Waals surface area contributed by atoms with E-state index in [-0.39, 0.29) is 11.7 Å². The first-order chi connectivity index (χ1) is 10.1. The van der Waals surface area contributed by atoms with E-state index < -0.39 is 6.10 Å². The predicted octanol–water partition coefficient (Wildman–Crippen LogP) is 2.08. The van der Waals surface area contributed by atoms with Crippen LogP contribution in [0.25, 0.3) is 0 Å². The van der Waals surface area contributed by atoms with E-state index in [0.717, 1.165) is 10.6 Å². The van der Waals surface area contributed by atoms with Crippen molar-refractivity contribution in [3.05, 3.63) is 51.7 Å². The Morgan fingerprint density at radius 2 is 2.38 bits per heavy atom. The van der Waals surface area contributed by atoms with E-state index in [9.17, 15) is 14.3 Å². The van der Waals surface area contributed by atoms with Crippen LogP contribution in [0, 0.1) is 5.82 Å². The van der Waals surface area contributed by atoms with Gasteiger partial charge in [0.05, 0.1) is 11.1 Å². The zero-order chi connectivity index (χ0) is 14.8. The topological polar surface area (TPSA) is 53.4 Å². The zero-order valence-electron chi connectivity index (χ0n) is 11.3. The lowest BCUT2D eigenvalue weighted by molar-refractivity contribution is 0.0760. The Balaban J connectivity index is 1.70. The quantitative estimate of drug-likeness (QED) is 0.944. The lowest BCUT2D eigenvalue weighted by atomic mass is 10.1. The van der Waals surface area contributed by atoms with Crippen molar-refractivity contribution in [3.63, 3.8) is 0 Å². The molecule has 1 N–H and O–H groups in total. The summed E-state index contributed by atoms with van der Waals surface area (Å²) < 4.78 is 13.1. The van der Waals surface area contributed by atoms with Gasteiger partial charge in [0.25, 0.3) is 5.91 Å². The molecule has 21 heavy (non-hydrogen) atoms. The third-order valence-corrected chi connectivity index (χ3v) is 4.31. The maximum atomic E-state index is 13.1. The maximum Gasteiger partial charge on any atom is 0.273 e. The van der Waals surface area contributed by atoms with Crippen LogP contribution in [0.15, 0.2) is 29.6 Å². The molecule has 0 aliphatic carbocycles. The Kier molecular flexibility index (Phi) is 3.98. The van der Waals surface area contributed by atoms with Gasteiger partial charge in [-0.1, -0.05) is 12.1 Å². The Hall–Kier alpha value is -1.79. The molecule has 1 aliphatic heterocycles. The second kappa shape index (κ2) is 5.91. The van der Waals surface area contributed by atoms with Gasteiger partial charge in [-0.25, -0.2) is 9.37 Å². The molecule has 1 aromatic carbocycles. The first-order valence-corrected chi connectivity index (χ1v) is 7.66. The highest BCUT2D eigenvalue weighted by atomic mass is 32.1. The van der Waals surface area contributed by atoms with Crippen LogP contribution in [0.1, 0.15) is 27.5 Å². The number of thiazole rings is 1. The molecular weight excluding hydrogens is 291 g/mol. The molecule has 3 rings (SSSR count). The molecule has 0 unspecified atom stereocenters. The smallest absolute Gasteiger partial charge is 0.273 e. The summed E-state index contributed by atoms with van der Waals surface area (Å²) in [4.78, 5) is 18.2. The van der Waals surface area contributed by atoms with Gasteiger partial charge in [0, 0.05) is 24.9 Å². The van der Waals surface area contributed by atoms with E-state index >= 15 is 0 Å². The number of hydrogen-bond acceptors (Lipinski definition) is 4. The highest BCUT2D eigenvalue weighted by molar-refractivity contribution is 7.09. The molecule has 4 nitrogen and oxygen atoms in total. The number of hydrogen-bond donors (Lipinski definition) is 1. The number of aromatic nitrogens is 1. The van der Waals surface area contributed by atoms with Gasteiger partial charge in [-0.15, -0.1) is 11.3 Å². The molecule has 0 bridgehead atoms. The minimum Gasteiger partial charge on any atom is -0.391 e. The van der Waals surface area contributed by atoms with Gasteiger partial charge < -0.3 is 10.0 Å². The van der Waals surface area contributed by atoms with Crippen molar-refractivity contribution in [3.8, 4) is 0 Å². The fourth-order valence-corrected chi connectivity index (χ4v) is 3.20. The second-order valence-electron chi connectivity index (χ2n) is 5.13. The largest absolute Gasteiger partial charge is 0.391 e. The second-order valence-corrected chi connectivity index (χ2v) is 6.07. The van der Waals surface area contributed by atoms with E-state index in [2.05, 4.69) is 4.98 Å². The minimum absolute atomic E-state index is 0.145. The summed E-state index contributed by atoms with van der Waals surface area (Å²) in [5.41, 5.74) is 1.24. The number of rotatable bonds is 3. The number of aliphatic hydroxyl groups is 1. The van der Waals surface area contributed by atoms with Gasteiger partial charge in [0.2, 0.25) is 0 Å². The van der Waals surface area contributed by atoms with E-state index in [1.807, 2.05) is 6.07 Å². The average molecular weight is 306 g/mol. The van der Waals surface area contributed by atoms with Gasteiger partial charge in [-0.3, -0.25) is 4.79 Å². The number of benzene rings is 1. The lowest BCUT2D eigenvalue weighted by Gasteiger charge is -2.13. The van der Waals surface area contributed by atoms with E-state index in [0.29, 0.717) is 31.6 Å². The Morgan fingerprint density at radius 3 is 3.10 bits per heavy atom. The minimum atomic E-state index is -0.431. The highest BCUT2D eigenvalue weighted by Crippen LogP contribution is 2.18. The molecule has 1 fully saturated rings. The van der Waals surface area contributed by atoms with Gasteiger partial charge in [0.15, 0.2) is 0 Å². The maximum absolute atomic E-state index is 13.1. The molecule has 0 radical (unpaired) electrons. The molecule has 0 spiro atoms. The van der Waals surface area contributed by atoms with Crippen molar-refractivity contribution in [2.24, 2.45) is 0 Å². The summed E-state index contributed by atoms with van der Waals surface area (Å²) >= 11 is 1.39. The van der Waals surface area contributed by atoms with Gasteiger partial charge in [-0.2, -0.15) is 0 Å². The molecule has 2 heterocycles. The summed E-state index contributed by atoms with van der Waals surface area (Å²) in [7, 11) is 0. The standard InChI is InChI=1S/C15H15FN2O2S/c16-11-3-1-2-10(6-11)7-14-17-13(9-21-14)15(20)18-5-4-12(19)8-18/h1-3,6,9,12,19H,4-5,7-8H2/t12-/m1/s1. The molecular formula is C15H15FN2O2S. The third kappa shape index (κ3) is 3.28. The molecule has 1 aromatic heterocycles. The molecule has 1 saturated heterocycles. The van der Waals surface area contributed by atoms with Crippen molar-refractivity contribution in [2.45, 2.75) is 18.9 Å². The summed E-state index contributed by atoms with van der Waals surface area (Å²) in [5.74, 6) is -0.417. The molecule has 0 saturated carbocycles. The first kappa shape index (κ1) is 14.2. The number of carbonyl (C=O) groups excluding carboxylic acids is 1. The van der Waals surface area contributed by atoms with Crippen LogP contribution in [0.2, 0.25) is 0 Å². The van der Waals surface area contributed by atoms with Gasteiger partial charge in [-0.05, 0) is 24.1 Å². The van der Waals surface area contributed by atoms with Gasteiger partial charge in [0.1, 0.15) is 11.5 Å². The van der Waals surface area contributed by atoms with E-state index in [1.165, 1.54) is 23.5 Å². The van der Waals surface area contributed by atoms with Crippen molar-refractivity contribution in [1.82, 2.24) is 9.88 Å². The normalized spacial score (nSPS) is 18.2. The van der Waals surface area contributed by atoms with Crippen LogP contribution >= 0.6 is 11.3 Å². The fourth-order valence-electron chi connectivity index (χ4n) is 2.40. The molecule has 110 valence electrons. The van der Waals surface area contributed by atoms with Crippen molar-refractivity contribution in [1.29, 1.82) is 0 Å². The average Bonchev–Trinajstić information content (AvgIpc) is 3.07. The number of β-amino-alcohol motifs (C(OH)–C–C–N with tert-alkyl or cyclic N) is 1.